The first kappa shape index (κ1) is 16.9. The number of nitriles is 1. The lowest BCUT2D eigenvalue weighted by atomic mass is 10.2. The fourth-order valence-corrected chi connectivity index (χ4v) is 2.19. The first-order chi connectivity index (χ1) is 12.7. The lowest BCUT2D eigenvalue weighted by Gasteiger charge is -2.07. The highest BCUT2D eigenvalue weighted by Crippen LogP contribution is 2.17. The Kier molecular flexibility index (Phi) is 5.05. The van der Waals surface area contributed by atoms with Crippen molar-refractivity contribution in [3.63, 3.8) is 0 Å². The van der Waals surface area contributed by atoms with Crippen LogP contribution >= 0.6 is 0 Å². The van der Waals surface area contributed by atoms with Crippen LogP contribution in [-0.2, 0) is 0 Å². The first-order valence-electron chi connectivity index (χ1n) is 7.72. The summed E-state index contributed by atoms with van der Waals surface area (Å²) in [6.07, 6.45) is 2.84. The fourth-order valence-electron chi connectivity index (χ4n) is 2.19. The van der Waals surface area contributed by atoms with Gasteiger partial charge in [0.25, 0.3) is 5.91 Å². The number of anilines is 3. The number of aromatic nitrogens is 2. The minimum Gasteiger partial charge on any atom is -0.497 e. The van der Waals surface area contributed by atoms with Crippen LogP contribution < -0.4 is 15.4 Å². The van der Waals surface area contributed by atoms with Gasteiger partial charge in [-0.05, 0) is 42.5 Å². The monoisotopic (exact) mass is 345 g/mol. The van der Waals surface area contributed by atoms with E-state index in [-0.39, 0.29) is 11.6 Å². The number of hydrogen-bond acceptors (Lipinski definition) is 6. The van der Waals surface area contributed by atoms with Crippen molar-refractivity contribution in [2.24, 2.45) is 0 Å². The number of carbonyl (C=O) groups excluding carboxylic acids is 1. The molecule has 0 atom stereocenters. The fraction of sp³-hybridized carbons (Fsp3) is 0.0526. The topological polar surface area (TPSA) is 99.9 Å². The van der Waals surface area contributed by atoms with Crippen LogP contribution in [0.25, 0.3) is 0 Å². The van der Waals surface area contributed by atoms with Crippen molar-refractivity contribution in [3.05, 3.63) is 72.2 Å². The van der Waals surface area contributed by atoms with Crippen molar-refractivity contribution in [2.75, 3.05) is 17.7 Å². The second kappa shape index (κ2) is 7.77. The van der Waals surface area contributed by atoms with E-state index < -0.39 is 0 Å². The number of nitrogens with zero attached hydrogens (tertiary/aromatic N) is 3. The van der Waals surface area contributed by atoms with Crippen molar-refractivity contribution >= 4 is 23.1 Å². The molecule has 128 valence electrons. The zero-order chi connectivity index (χ0) is 18.4. The van der Waals surface area contributed by atoms with Gasteiger partial charge in [0.1, 0.15) is 17.3 Å². The lowest BCUT2D eigenvalue weighted by molar-refractivity contribution is 0.102. The van der Waals surface area contributed by atoms with Gasteiger partial charge in [0.05, 0.1) is 31.1 Å². The molecule has 0 saturated carbocycles. The summed E-state index contributed by atoms with van der Waals surface area (Å²) in [6, 6.07) is 16.0. The third-order valence-electron chi connectivity index (χ3n) is 3.50. The number of benzene rings is 2. The molecule has 0 aliphatic heterocycles. The van der Waals surface area contributed by atoms with Gasteiger partial charge in [-0.1, -0.05) is 6.07 Å². The molecule has 0 saturated heterocycles. The van der Waals surface area contributed by atoms with Gasteiger partial charge in [-0.2, -0.15) is 5.26 Å². The predicted molar refractivity (Wildman–Crippen MR) is 97.4 cm³/mol. The van der Waals surface area contributed by atoms with Gasteiger partial charge in [0.2, 0.25) is 0 Å². The molecule has 0 bridgehead atoms. The van der Waals surface area contributed by atoms with Gasteiger partial charge in [0.15, 0.2) is 0 Å². The highest BCUT2D eigenvalue weighted by molar-refractivity contribution is 6.02. The molecule has 3 aromatic rings. The maximum absolute atomic E-state index is 12.2. The molecule has 2 aromatic carbocycles. The van der Waals surface area contributed by atoms with Crippen molar-refractivity contribution in [3.8, 4) is 11.8 Å². The maximum atomic E-state index is 12.2. The summed E-state index contributed by atoms with van der Waals surface area (Å²) in [5, 5.41) is 14.7. The molecule has 1 aromatic heterocycles. The maximum Gasteiger partial charge on any atom is 0.275 e. The molecule has 7 nitrogen and oxygen atoms in total. The van der Waals surface area contributed by atoms with Gasteiger partial charge in [-0.15, -0.1) is 0 Å². The number of nitrogens with one attached hydrogen (secondary N) is 2. The van der Waals surface area contributed by atoms with E-state index in [2.05, 4.69) is 26.7 Å². The molecular weight excluding hydrogens is 330 g/mol. The molecule has 0 spiro atoms. The number of methoxy groups -OCH3 is 1. The Bertz CT molecular complexity index is 947. The molecule has 0 radical (unpaired) electrons. The quantitative estimate of drug-likeness (QED) is 0.735. The Labute approximate surface area is 150 Å². The second-order valence-corrected chi connectivity index (χ2v) is 5.29. The average molecular weight is 345 g/mol. The minimum absolute atomic E-state index is 0.192. The Morgan fingerprint density at radius 3 is 2.54 bits per heavy atom. The SMILES string of the molecule is COc1ccc(NC(=O)c2cnc(Nc3cccc(C#N)c3)cn2)cc1. The number of amides is 1. The van der Waals surface area contributed by atoms with E-state index >= 15 is 0 Å². The Hall–Kier alpha value is -3.92. The molecule has 7 heteroatoms. The largest absolute Gasteiger partial charge is 0.497 e. The number of hydrogen-bond donors (Lipinski definition) is 2. The van der Waals surface area contributed by atoms with Crippen LogP contribution in [0.5, 0.6) is 5.75 Å². The van der Waals surface area contributed by atoms with E-state index in [1.54, 1.807) is 49.6 Å². The zero-order valence-corrected chi connectivity index (χ0v) is 13.9. The van der Waals surface area contributed by atoms with Crippen LogP contribution in [0.15, 0.2) is 60.9 Å². The predicted octanol–water partition coefficient (Wildman–Crippen LogP) is 3.35. The third kappa shape index (κ3) is 4.13. The minimum atomic E-state index is -0.360. The van der Waals surface area contributed by atoms with Crippen molar-refractivity contribution in [1.29, 1.82) is 5.26 Å². The summed E-state index contributed by atoms with van der Waals surface area (Å²) in [5.74, 6) is 0.820. The standard InChI is InChI=1S/C19H15N5O2/c1-26-16-7-5-14(6-8-16)24-19(25)17-11-22-18(12-21-17)23-15-4-2-3-13(9-15)10-20/h2-9,11-12H,1H3,(H,22,23)(H,24,25). The number of ether oxygens (including phenoxy) is 1. The van der Waals surface area contributed by atoms with Crippen molar-refractivity contribution in [2.45, 2.75) is 0 Å². The number of carbonyl (C=O) groups is 1. The van der Waals surface area contributed by atoms with Crippen LogP contribution in [0.2, 0.25) is 0 Å². The summed E-state index contributed by atoms with van der Waals surface area (Å²) in [4.78, 5) is 20.5. The molecule has 0 fully saturated rings. The van der Waals surface area contributed by atoms with E-state index in [0.29, 0.717) is 28.5 Å². The summed E-state index contributed by atoms with van der Waals surface area (Å²) in [5.41, 5.74) is 2.08. The van der Waals surface area contributed by atoms with Gasteiger partial charge in [0, 0.05) is 11.4 Å². The van der Waals surface area contributed by atoms with E-state index in [4.69, 9.17) is 10.00 Å². The van der Waals surface area contributed by atoms with Crippen LogP contribution in [0.4, 0.5) is 17.2 Å². The summed E-state index contributed by atoms with van der Waals surface area (Å²) in [6.45, 7) is 0. The summed E-state index contributed by atoms with van der Waals surface area (Å²) in [7, 11) is 1.58. The van der Waals surface area contributed by atoms with Gasteiger partial charge < -0.3 is 15.4 Å². The van der Waals surface area contributed by atoms with E-state index in [9.17, 15) is 4.79 Å². The molecule has 0 aliphatic rings. The van der Waals surface area contributed by atoms with Crippen molar-refractivity contribution in [1.82, 2.24) is 9.97 Å². The molecule has 3 rings (SSSR count). The molecular formula is C19H15N5O2. The normalized spacial score (nSPS) is 9.85. The van der Waals surface area contributed by atoms with Crippen LogP contribution in [0.3, 0.4) is 0 Å². The Morgan fingerprint density at radius 2 is 1.88 bits per heavy atom. The average Bonchev–Trinajstić information content (AvgIpc) is 2.69. The first-order valence-corrected chi connectivity index (χ1v) is 7.72. The summed E-state index contributed by atoms with van der Waals surface area (Å²) < 4.78 is 5.08. The smallest absolute Gasteiger partial charge is 0.275 e. The highest BCUT2D eigenvalue weighted by atomic mass is 16.5. The third-order valence-corrected chi connectivity index (χ3v) is 3.50. The molecule has 1 heterocycles. The molecule has 0 aliphatic carbocycles. The van der Waals surface area contributed by atoms with Gasteiger partial charge in [-0.3, -0.25) is 4.79 Å². The van der Waals surface area contributed by atoms with E-state index in [0.717, 1.165) is 0 Å². The Balaban J connectivity index is 1.66. The lowest BCUT2D eigenvalue weighted by Crippen LogP contribution is -2.14. The zero-order valence-electron chi connectivity index (χ0n) is 13.9. The number of rotatable bonds is 5. The van der Waals surface area contributed by atoms with Crippen molar-refractivity contribution < 1.29 is 9.53 Å². The summed E-state index contributed by atoms with van der Waals surface area (Å²) >= 11 is 0. The van der Waals surface area contributed by atoms with Crippen LogP contribution in [-0.4, -0.2) is 23.0 Å². The van der Waals surface area contributed by atoms with Gasteiger partial charge >= 0.3 is 0 Å². The van der Waals surface area contributed by atoms with E-state index in [1.807, 2.05) is 6.07 Å². The second-order valence-electron chi connectivity index (χ2n) is 5.29. The highest BCUT2D eigenvalue weighted by Gasteiger charge is 2.09. The molecule has 26 heavy (non-hydrogen) atoms. The van der Waals surface area contributed by atoms with Crippen LogP contribution in [0.1, 0.15) is 16.1 Å². The molecule has 2 N–H and O–H groups in total. The van der Waals surface area contributed by atoms with Gasteiger partial charge in [-0.25, -0.2) is 9.97 Å². The Morgan fingerprint density at radius 1 is 1.08 bits per heavy atom. The van der Waals surface area contributed by atoms with Crippen LogP contribution in [0, 0.1) is 11.3 Å². The van der Waals surface area contributed by atoms with E-state index in [1.165, 1.54) is 12.4 Å². The molecule has 1 amide bonds. The molecule has 0 unspecified atom stereocenters.